The summed E-state index contributed by atoms with van der Waals surface area (Å²) in [5.41, 5.74) is 6.61. The van der Waals surface area contributed by atoms with Gasteiger partial charge in [-0.25, -0.2) is 4.39 Å². The molecule has 1 aromatic carbocycles. The lowest BCUT2D eigenvalue weighted by Gasteiger charge is -2.24. The highest BCUT2D eigenvalue weighted by atomic mass is 19.1. The number of hydrogen-bond acceptors (Lipinski definition) is 2. The van der Waals surface area contributed by atoms with E-state index >= 15 is 0 Å². The Labute approximate surface area is 89.9 Å². The van der Waals surface area contributed by atoms with Crippen molar-refractivity contribution in [1.82, 2.24) is 4.90 Å². The van der Waals surface area contributed by atoms with Crippen LogP contribution in [0.1, 0.15) is 24.9 Å². The van der Waals surface area contributed by atoms with Crippen molar-refractivity contribution in [3.05, 3.63) is 35.6 Å². The van der Waals surface area contributed by atoms with Crippen molar-refractivity contribution in [3.63, 3.8) is 0 Å². The molecule has 1 aliphatic heterocycles. The first-order valence-corrected chi connectivity index (χ1v) is 5.42. The molecule has 0 radical (unpaired) electrons. The van der Waals surface area contributed by atoms with Crippen LogP contribution in [0.4, 0.5) is 4.39 Å². The van der Waals surface area contributed by atoms with Crippen molar-refractivity contribution in [2.45, 2.75) is 25.4 Å². The van der Waals surface area contributed by atoms with Crippen LogP contribution in [0.3, 0.4) is 0 Å². The topological polar surface area (TPSA) is 29.3 Å². The van der Waals surface area contributed by atoms with Gasteiger partial charge >= 0.3 is 0 Å². The van der Waals surface area contributed by atoms with Crippen molar-refractivity contribution < 1.29 is 4.39 Å². The number of halogens is 1. The lowest BCUT2D eigenvalue weighted by atomic mass is 10.1. The highest BCUT2D eigenvalue weighted by Crippen LogP contribution is 2.25. The van der Waals surface area contributed by atoms with Gasteiger partial charge in [0.05, 0.1) is 0 Å². The summed E-state index contributed by atoms with van der Waals surface area (Å²) < 4.78 is 13.5. The SMILES string of the molecule is CC(c1ccccc1F)N1CCC(N)C1. The molecule has 1 fully saturated rings. The first-order valence-electron chi connectivity index (χ1n) is 5.42. The third-order valence-corrected chi connectivity index (χ3v) is 3.16. The van der Waals surface area contributed by atoms with Gasteiger partial charge in [0, 0.05) is 30.7 Å². The monoisotopic (exact) mass is 208 g/mol. The van der Waals surface area contributed by atoms with Crippen molar-refractivity contribution in [3.8, 4) is 0 Å². The number of nitrogens with two attached hydrogens (primary N) is 1. The van der Waals surface area contributed by atoms with Gasteiger partial charge in [-0.1, -0.05) is 18.2 Å². The summed E-state index contributed by atoms with van der Waals surface area (Å²) in [6.07, 6.45) is 1.01. The summed E-state index contributed by atoms with van der Waals surface area (Å²) in [6, 6.07) is 7.34. The Balaban J connectivity index is 2.14. The van der Waals surface area contributed by atoms with Gasteiger partial charge in [0.1, 0.15) is 5.82 Å². The first kappa shape index (κ1) is 10.6. The van der Waals surface area contributed by atoms with Crippen molar-refractivity contribution in [1.29, 1.82) is 0 Å². The van der Waals surface area contributed by atoms with Gasteiger partial charge in [-0.05, 0) is 19.4 Å². The second-order valence-corrected chi connectivity index (χ2v) is 4.24. The maximum Gasteiger partial charge on any atom is 0.127 e. The third kappa shape index (κ3) is 2.19. The molecule has 0 aliphatic carbocycles. The van der Waals surface area contributed by atoms with Gasteiger partial charge in [-0.2, -0.15) is 0 Å². The van der Waals surface area contributed by atoms with E-state index in [0.717, 1.165) is 25.1 Å². The lowest BCUT2D eigenvalue weighted by molar-refractivity contribution is 0.254. The lowest BCUT2D eigenvalue weighted by Crippen LogP contribution is -2.29. The van der Waals surface area contributed by atoms with E-state index in [-0.39, 0.29) is 17.9 Å². The van der Waals surface area contributed by atoms with Crippen LogP contribution < -0.4 is 5.73 Å². The molecule has 0 aromatic heterocycles. The van der Waals surface area contributed by atoms with Crippen LogP contribution in [0.2, 0.25) is 0 Å². The molecule has 1 heterocycles. The predicted molar refractivity (Wildman–Crippen MR) is 59.0 cm³/mol. The van der Waals surface area contributed by atoms with E-state index in [9.17, 15) is 4.39 Å². The second kappa shape index (κ2) is 4.29. The molecular formula is C12H17FN2. The predicted octanol–water partition coefficient (Wildman–Crippen LogP) is 1.92. The van der Waals surface area contributed by atoms with E-state index in [1.54, 1.807) is 6.07 Å². The van der Waals surface area contributed by atoms with Gasteiger partial charge in [-0.15, -0.1) is 0 Å². The fourth-order valence-electron chi connectivity index (χ4n) is 2.18. The Morgan fingerprint density at radius 2 is 2.20 bits per heavy atom. The van der Waals surface area contributed by atoms with Crippen molar-refractivity contribution >= 4 is 0 Å². The van der Waals surface area contributed by atoms with E-state index in [1.807, 2.05) is 19.1 Å². The molecule has 2 rings (SSSR count). The van der Waals surface area contributed by atoms with Gasteiger partial charge in [0.2, 0.25) is 0 Å². The van der Waals surface area contributed by atoms with Gasteiger partial charge in [0.25, 0.3) is 0 Å². The summed E-state index contributed by atoms with van der Waals surface area (Å²) in [7, 11) is 0. The number of likely N-dealkylation sites (tertiary alicyclic amines) is 1. The quantitative estimate of drug-likeness (QED) is 0.804. The first-order chi connectivity index (χ1) is 7.18. The molecule has 2 nitrogen and oxygen atoms in total. The van der Waals surface area contributed by atoms with Crippen molar-refractivity contribution in [2.75, 3.05) is 13.1 Å². The molecule has 0 saturated carbocycles. The zero-order valence-electron chi connectivity index (χ0n) is 8.99. The minimum absolute atomic E-state index is 0.120. The standard InChI is InChI=1S/C12H17FN2/c1-9(15-7-6-10(14)8-15)11-4-2-3-5-12(11)13/h2-5,9-10H,6-8,14H2,1H3. The number of benzene rings is 1. The summed E-state index contributed by atoms with van der Waals surface area (Å²) in [5.74, 6) is -0.120. The average molecular weight is 208 g/mol. The summed E-state index contributed by atoms with van der Waals surface area (Å²) in [5, 5.41) is 0. The fraction of sp³-hybridized carbons (Fsp3) is 0.500. The smallest absolute Gasteiger partial charge is 0.127 e. The second-order valence-electron chi connectivity index (χ2n) is 4.24. The molecule has 15 heavy (non-hydrogen) atoms. The minimum Gasteiger partial charge on any atom is -0.326 e. The Hall–Kier alpha value is -0.930. The molecule has 3 heteroatoms. The van der Waals surface area contributed by atoms with Crippen molar-refractivity contribution in [2.24, 2.45) is 5.73 Å². The molecule has 82 valence electrons. The highest BCUT2D eigenvalue weighted by Gasteiger charge is 2.25. The normalized spacial score (nSPS) is 24.3. The Morgan fingerprint density at radius 3 is 2.80 bits per heavy atom. The summed E-state index contributed by atoms with van der Waals surface area (Å²) in [6.45, 7) is 3.88. The van der Waals surface area contributed by atoms with Crippen LogP contribution >= 0.6 is 0 Å². The molecule has 1 aliphatic rings. The van der Waals surface area contributed by atoms with E-state index in [2.05, 4.69) is 4.90 Å². The molecular weight excluding hydrogens is 191 g/mol. The molecule has 1 aromatic rings. The van der Waals surface area contributed by atoms with Crippen LogP contribution in [0.5, 0.6) is 0 Å². The summed E-state index contributed by atoms with van der Waals surface area (Å²) >= 11 is 0. The number of nitrogens with zero attached hydrogens (tertiary/aromatic N) is 1. The van der Waals surface area contributed by atoms with Gasteiger partial charge < -0.3 is 5.73 Å². The maximum atomic E-state index is 13.5. The number of hydrogen-bond donors (Lipinski definition) is 1. The fourth-order valence-corrected chi connectivity index (χ4v) is 2.18. The Kier molecular flexibility index (Phi) is 3.03. The molecule has 0 bridgehead atoms. The third-order valence-electron chi connectivity index (χ3n) is 3.16. The molecule has 2 N–H and O–H groups in total. The average Bonchev–Trinajstić information content (AvgIpc) is 2.65. The van der Waals surface area contributed by atoms with Gasteiger partial charge in [0.15, 0.2) is 0 Å². The van der Waals surface area contributed by atoms with E-state index in [4.69, 9.17) is 5.73 Å². The molecule has 1 saturated heterocycles. The number of rotatable bonds is 2. The maximum absolute atomic E-state index is 13.5. The van der Waals surface area contributed by atoms with E-state index < -0.39 is 0 Å². The Bertz CT molecular complexity index is 340. The zero-order chi connectivity index (χ0) is 10.8. The molecule has 2 atom stereocenters. The Morgan fingerprint density at radius 1 is 1.47 bits per heavy atom. The highest BCUT2D eigenvalue weighted by molar-refractivity contribution is 5.21. The van der Waals surface area contributed by atoms with Crippen LogP contribution in [-0.4, -0.2) is 24.0 Å². The summed E-state index contributed by atoms with van der Waals surface area (Å²) in [4.78, 5) is 2.24. The largest absolute Gasteiger partial charge is 0.326 e. The minimum atomic E-state index is -0.120. The van der Waals surface area contributed by atoms with Crippen LogP contribution in [0.15, 0.2) is 24.3 Å². The van der Waals surface area contributed by atoms with Gasteiger partial charge in [-0.3, -0.25) is 4.90 Å². The zero-order valence-corrected chi connectivity index (χ0v) is 8.99. The van der Waals surface area contributed by atoms with Crippen LogP contribution in [0, 0.1) is 5.82 Å². The molecule has 2 unspecified atom stereocenters. The van der Waals surface area contributed by atoms with E-state index in [0.29, 0.717) is 0 Å². The van der Waals surface area contributed by atoms with Crippen LogP contribution in [-0.2, 0) is 0 Å². The molecule has 0 amide bonds. The van der Waals surface area contributed by atoms with Crippen LogP contribution in [0.25, 0.3) is 0 Å². The van der Waals surface area contributed by atoms with E-state index in [1.165, 1.54) is 6.07 Å². The molecule has 0 spiro atoms.